The van der Waals surface area contributed by atoms with E-state index in [9.17, 15) is 4.79 Å². The fourth-order valence-electron chi connectivity index (χ4n) is 2.98. The Hall–Kier alpha value is -2.24. The highest BCUT2D eigenvalue weighted by Crippen LogP contribution is 2.19. The monoisotopic (exact) mass is 325 g/mol. The zero-order valence-electron chi connectivity index (χ0n) is 13.7. The van der Waals surface area contributed by atoms with Crippen molar-refractivity contribution < 1.29 is 9.53 Å². The molecule has 2 aromatic rings. The number of pyridine rings is 1. The molecular formula is C19H23N3O2. The first-order valence-corrected chi connectivity index (χ1v) is 8.34. The first-order valence-electron chi connectivity index (χ1n) is 8.34. The van der Waals surface area contributed by atoms with Crippen LogP contribution in [0.4, 0.5) is 0 Å². The summed E-state index contributed by atoms with van der Waals surface area (Å²) in [5.41, 5.74) is 8.03. The van der Waals surface area contributed by atoms with Crippen molar-refractivity contribution in [1.29, 1.82) is 0 Å². The SMILES string of the molecule is NC(C(=O)N(Cc1cccnc1)CC1CCCO1)c1ccccc1. The molecule has 2 unspecified atom stereocenters. The maximum Gasteiger partial charge on any atom is 0.244 e. The van der Waals surface area contributed by atoms with Crippen LogP contribution in [-0.2, 0) is 16.1 Å². The van der Waals surface area contributed by atoms with E-state index in [0.717, 1.165) is 30.6 Å². The topological polar surface area (TPSA) is 68.5 Å². The average molecular weight is 325 g/mol. The fraction of sp³-hybridized carbons (Fsp3) is 0.368. The van der Waals surface area contributed by atoms with Crippen molar-refractivity contribution in [2.45, 2.75) is 31.5 Å². The molecular weight excluding hydrogens is 302 g/mol. The van der Waals surface area contributed by atoms with E-state index in [1.807, 2.05) is 42.5 Å². The van der Waals surface area contributed by atoms with Gasteiger partial charge in [0.2, 0.25) is 5.91 Å². The number of hydrogen-bond donors (Lipinski definition) is 1. The summed E-state index contributed by atoms with van der Waals surface area (Å²) < 4.78 is 5.71. The van der Waals surface area contributed by atoms with Gasteiger partial charge in [0, 0.05) is 32.1 Å². The molecule has 24 heavy (non-hydrogen) atoms. The van der Waals surface area contributed by atoms with Crippen molar-refractivity contribution >= 4 is 5.91 Å². The Kier molecular flexibility index (Phi) is 5.56. The predicted molar refractivity (Wildman–Crippen MR) is 92.0 cm³/mol. The Labute approximate surface area is 142 Å². The highest BCUT2D eigenvalue weighted by Gasteiger charge is 2.27. The second-order valence-electron chi connectivity index (χ2n) is 6.10. The predicted octanol–water partition coefficient (Wildman–Crippen LogP) is 2.29. The summed E-state index contributed by atoms with van der Waals surface area (Å²) >= 11 is 0. The number of hydrogen-bond acceptors (Lipinski definition) is 4. The fourth-order valence-corrected chi connectivity index (χ4v) is 2.98. The molecule has 2 N–H and O–H groups in total. The Morgan fingerprint density at radius 2 is 2.12 bits per heavy atom. The Bertz CT molecular complexity index is 642. The van der Waals surface area contributed by atoms with Crippen LogP contribution in [-0.4, -0.2) is 35.0 Å². The zero-order chi connectivity index (χ0) is 16.8. The van der Waals surface area contributed by atoms with E-state index in [2.05, 4.69) is 4.98 Å². The van der Waals surface area contributed by atoms with Gasteiger partial charge in [-0.2, -0.15) is 0 Å². The standard InChI is InChI=1S/C19H23N3O2/c20-18(16-7-2-1-3-8-16)19(23)22(14-17-9-5-11-24-17)13-15-6-4-10-21-12-15/h1-4,6-8,10,12,17-18H,5,9,11,13-14,20H2. The first-order chi connectivity index (χ1) is 11.7. The molecule has 5 heteroatoms. The number of carbonyl (C=O) groups is 1. The van der Waals surface area contributed by atoms with Crippen molar-refractivity contribution in [2.75, 3.05) is 13.2 Å². The smallest absolute Gasteiger partial charge is 0.244 e. The highest BCUT2D eigenvalue weighted by molar-refractivity contribution is 5.83. The second kappa shape index (κ2) is 8.04. The van der Waals surface area contributed by atoms with E-state index in [4.69, 9.17) is 10.5 Å². The van der Waals surface area contributed by atoms with E-state index in [1.54, 1.807) is 17.3 Å². The molecule has 1 fully saturated rings. The Balaban J connectivity index is 1.75. The molecule has 1 amide bonds. The molecule has 2 atom stereocenters. The van der Waals surface area contributed by atoms with Crippen molar-refractivity contribution in [1.82, 2.24) is 9.88 Å². The van der Waals surface area contributed by atoms with E-state index in [1.165, 1.54) is 0 Å². The van der Waals surface area contributed by atoms with Crippen LogP contribution in [0.2, 0.25) is 0 Å². The lowest BCUT2D eigenvalue weighted by atomic mass is 10.1. The van der Waals surface area contributed by atoms with Gasteiger partial charge in [-0.1, -0.05) is 36.4 Å². The highest BCUT2D eigenvalue weighted by atomic mass is 16.5. The lowest BCUT2D eigenvalue weighted by Crippen LogP contribution is -2.42. The van der Waals surface area contributed by atoms with E-state index >= 15 is 0 Å². The molecule has 0 radical (unpaired) electrons. The molecule has 1 aromatic heterocycles. The van der Waals surface area contributed by atoms with Crippen LogP contribution in [0.25, 0.3) is 0 Å². The van der Waals surface area contributed by atoms with Crippen molar-refractivity contribution in [3.8, 4) is 0 Å². The van der Waals surface area contributed by atoms with Crippen LogP contribution < -0.4 is 5.73 Å². The number of rotatable bonds is 6. The van der Waals surface area contributed by atoms with Crippen LogP contribution in [0.3, 0.4) is 0 Å². The molecule has 3 rings (SSSR count). The molecule has 1 saturated heterocycles. The molecule has 1 aliphatic rings. The van der Waals surface area contributed by atoms with Crippen molar-refractivity contribution in [3.63, 3.8) is 0 Å². The molecule has 126 valence electrons. The lowest BCUT2D eigenvalue weighted by molar-refractivity contribution is -0.135. The maximum atomic E-state index is 13.0. The number of aromatic nitrogens is 1. The minimum Gasteiger partial charge on any atom is -0.376 e. The number of ether oxygens (including phenoxy) is 1. The zero-order valence-corrected chi connectivity index (χ0v) is 13.7. The van der Waals surface area contributed by atoms with Crippen LogP contribution in [0.1, 0.15) is 30.0 Å². The minimum absolute atomic E-state index is 0.0828. The quantitative estimate of drug-likeness (QED) is 0.885. The number of nitrogens with two attached hydrogens (primary N) is 1. The largest absolute Gasteiger partial charge is 0.376 e. The molecule has 0 bridgehead atoms. The average Bonchev–Trinajstić information content (AvgIpc) is 3.15. The molecule has 1 aliphatic heterocycles. The number of carbonyl (C=O) groups excluding carboxylic acids is 1. The van der Waals surface area contributed by atoms with Gasteiger partial charge in [0.05, 0.1) is 6.10 Å². The van der Waals surface area contributed by atoms with Gasteiger partial charge in [-0.05, 0) is 30.0 Å². The van der Waals surface area contributed by atoms with E-state index in [0.29, 0.717) is 13.1 Å². The van der Waals surface area contributed by atoms with Gasteiger partial charge < -0.3 is 15.4 Å². The summed E-state index contributed by atoms with van der Waals surface area (Å²) in [5, 5.41) is 0. The van der Waals surface area contributed by atoms with Crippen molar-refractivity contribution in [2.24, 2.45) is 5.73 Å². The summed E-state index contributed by atoms with van der Waals surface area (Å²) in [6, 6.07) is 12.7. The molecule has 5 nitrogen and oxygen atoms in total. The minimum atomic E-state index is -0.663. The molecule has 0 aliphatic carbocycles. The number of nitrogens with zero attached hydrogens (tertiary/aromatic N) is 2. The Morgan fingerprint density at radius 1 is 1.29 bits per heavy atom. The maximum absolute atomic E-state index is 13.0. The molecule has 1 aromatic carbocycles. The summed E-state index contributed by atoms with van der Waals surface area (Å²) in [4.78, 5) is 18.9. The van der Waals surface area contributed by atoms with Gasteiger partial charge in [-0.15, -0.1) is 0 Å². The number of benzene rings is 1. The third-order valence-electron chi connectivity index (χ3n) is 4.28. The van der Waals surface area contributed by atoms with Gasteiger partial charge in [-0.25, -0.2) is 0 Å². The second-order valence-corrected chi connectivity index (χ2v) is 6.10. The number of amides is 1. The van der Waals surface area contributed by atoms with Crippen LogP contribution >= 0.6 is 0 Å². The summed E-state index contributed by atoms with van der Waals surface area (Å²) in [5.74, 6) is -0.0828. The summed E-state index contributed by atoms with van der Waals surface area (Å²) in [6.07, 6.45) is 5.63. The third-order valence-corrected chi connectivity index (χ3v) is 4.28. The van der Waals surface area contributed by atoms with Crippen LogP contribution in [0, 0.1) is 0 Å². The summed E-state index contributed by atoms with van der Waals surface area (Å²) in [7, 11) is 0. The van der Waals surface area contributed by atoms with Gasteiger partial charge in [0.1, 0.15) is 6.04 Å². The Morgan fingerprint density at radius 3 is 2.79 bits per heavy atom. The molecule has 2 heterocycles. The van der Waals surface area contributed by atoms with Crippen LogP contribution in [0.5, 0.6) is 0 Å². The third kappa shape index (κ3) is 4.19. The lowest BCUT2D eigenvalue weighted by Gasteiger charge is -2.28. The molecule has 0 saturated carbocycles. The van der Waals surface area contributed by atoms with Crippen molar-refractivity contribution in [3.05, 3.63) is 66.0 Å². The van der Waals surface area contributed by atoms with Gasteiger partial charge in [0.15, 0.2) is 0 Å². The van der Waals surface area contributed by atoms with Crippen LogP contribution in [0.15, 0.2) is 54.9 Å². The normalized spacial score (nSPS) is 18.3. The van der Waals surface area contributed by atoms with E-state index < -0.39 is 6.04 Å². The van der Waals surface area contributed by atoms with Gasteiger partial charge in [0.25, 0.3) is 0 Å². The summed E-state index contributed by atoms with van der Waals surface area (Å²) in [6.45, 7) is 1.83. The van der Waals surface area contributed by atoms with Gasteiger partial charge >= 0.3 is 0 Å². The van der Waals surface area contributed by atoms with E-state index in [-0.39, 0.29) is 12.0 Å². The van der Waals surface area contributed by atoms with Gasteiger partial charge in [-0.3, -0.25) is 9.78 Å². The first kappa shape index (κ1) is 16.6. The molecule has 0 spiro atoms.